The highest BCUT2D eigenvalue weighted by atomic mass is 32.1. The fourth-order valence-corrected chi connectivity index (χ4v) is 3.90. The molecule has 4 nitrogen and oxygen atoms in total. The standard InChI is InChI=1S/C16H20N2O2S/c1-20-16(19)15(18-9-4-7-17-8-10-18)13-11-21-14-6-3-2-5-12(13)14/h2-3,5-6,11,15,17H,4,7-10H2,1H3. The van der Waals surface area contributed by atoms with E-state index in [1.165, 1.54) is 11.8 Å². The van der Waals surface area contributed by atoms with Crippen LogP contribution in [0.4, 0.5) is 0 Å². The van der Waals surface area contributed by atoms with Gasteiger partial charge in [-0.3, -0.25) is 4.90 Å². The molecular weight excluding hydrogens is 284 g/mol. The average molecular weight is 304 g/mol. The molecule has 1 atom stereocenters. The van der Waals surface area contributed by atoms with Gasteiger partial charge < -0.3 is 10.1 Å². The molecule has 0 radical (unpaired) electrons. The van der Waals surface area contributed by atoms with E-state index in [2.05, 4.69) is 27.7 Å². The Morgan fingerprint density at radius 2 is 2.19 bits per heavy atom. The Morgan fingerprint density at radius 3 is 3.05 bits per heavy atom. The Balaban J connectivity index is 2.00. The molecule has 0 aliphatic carbocycles. The summed E-state index contributed by atoms with van der Waals surface area (Å²) in [7, 11) is 1.47. The Hall–Kier alpha value is -1.43. The van der Waals surface area contributed by atoms with Crippen LogP contribution in [0.1, 0.15) is 18.0 Å². The van der Waals surface area contributed by atoms with E-state index < -0.39 is 0 Å². The number of benzene rings is 1. The smallest absolute Gasteiger partial charge is 0.327 e. The molecule has 1 N–H and O–H groups in total. The topological polar surface area (TPSA) is 41.6 Å². The molecule has 112 valence electrons. The molecule has 5 heteroatoms. The van der Waals surface area contributed by atoms with Gasteiger partial charge in [-0.15, -0.1) is 11.3 Å². The van der Waals surface area contributed by atoms with Crippen molar-refractivity contribution >= 4 is 27.4 Å². The fourth-order valence-electron chi connectivity index (χ4n) is 2.92. The van der Waals surface area contributed by atoms with Crippen molar-refractivity contribution in [1.82, 2.24) is 10.2 Å². The van der Waals surface area contributed by atoms with Gasteiger partial charge in [0.1, 0.15) is 6.04 Å². The van der Waals surface area contributed by atoms with Crippen LogP contribution in [0, 0.1) is 0 Å². The molecule has 3 rings (SSSR count). The van der Waals surface area contributed by atoms with Gasteiger partial charge in [0.15, 0.2) is 0 Å². The average Bonchev–Trinajstić information content (AvgIpc) is 2.75. The zero-order valence-electron chi connectivity index (χ0n) is 12.2. The van der Waals surface area contributed by atoms with Gasteiger partial charge >= 0.3 is 5.97 Å². The third kappa shape index (κ3) is 2.95. The van der Waals surface area contributed by atoms with Gasteiger partial charge in [-0.25, -0.2) is 4.79 Å². The van der Waals surface area contributed by atoms with E-state index in [1.54, 1.807) is 11.3 Å². The molecule has 1 aliphatic heterocycles. The SMILES string of the molecule is COC(=O)C(c1csc2ccccc12)N1CCCNCC1. The van der Waals surface area contributed by atoms with Gasteiger partial charge in [-0.2, -0.15) is 0 Å². The summed E-state index contributed by atoms with van der Waals surface area (Å²) in [6.45, 7) is 3.70. The van der Waals surface area contributed by atoms with E-state index in [0.29, 0.717) is 0 Å². The normalized spacial score (nSPS) is 18.3. The molecule has 1 aromatic heterocycles. The van der Waals surface area contributed by atoms with Crippen molar-refractivity contribution in [3.05, 3.63) is 35.2 Å². The number of methoxy groups -OCH3 is 1. The lowest BCUT2D eigenvalue weighted by atomic mass is 10.0. The summed E-state index contributed by atoms with van der Waals surface area (Å²) in [4.78, 5) is 14.6. The summed E-state index contributed by atoms with van der Waals surface area (Å²) in [5, 5.41) is 6.64. The van der Waals surface area contributed by atoms with Crippen LogP contribution >= 0.6 is 11.3 Å². The van der Waals surface area contributed by atoms with Gasteiger partial charge in [-0.05, 0) is 35.4 Å². The Bertz CT molecular complexity index is 618. The number of ether oxygens (including phenoxy) is 1. The van der Waals surface area contributed by atoms with Crippen LogP contribution < -0.4 is 5.32 Å². The van der Waals surface area contributed by atoms with Crippen LogP contribution in [0.25, 0.3) is 10.1 Å². The molecule has 1 aromatic carbocycles. The van der Waals surface area contributed by atoms with Crippen molar-refractivity contribution < 1.29 is 9.53 Å². The lowest BCUT2D eigenvalue weighted by molar-refractivity contribution is -0.147. The number of hydrogen-bond donors (Lipinski definition) is 1. The quantitative estimate of drug-likeness (QED) is 0.884. The first-order valence-corrected chi connectivity index (χ1v) is 8.18. The lowest BCUT2D eigenvalue weighted by Gasteiger charge is -2.28. The van der Waals surface area contributed by atoms with Crippen molar-refractivity contribution in [2.24, 2.45) is 0 Å². The van der Waals surface area contributed by atoms with Crippen molar-refractivity contribution in [1.29, 1.82) is 0 Å². The van der Waals surface area contributed by atoms with E-state index in [1.807, 2.05) is 12.1 Å². The van der Waals surface area contributed by atoms with E-state index >= 15 is 0 Å². The number of thiophene rings is 1. The van der Waals surface area contributed by atoms with Gasteiger partial charge in [0.05, 0.1) is 7.11 Å². The van der Waals surface area contributed by atoms with Gasteiger partial charge in [0.2, 0.25) is 0 Å². The van der Waals surface area contributed by atoms with E-state index in [-0.39, 0.29) is 12.0 Å². The maximum Gasteiger partial charge on any atom is 0.327 e. The number of carbonyl (C=O) groups is 1. The summed E-state index contributed by atoms with van der Waals surface area (Å²) in [6.07, 6.45) is 1.05. The number of hydrogen-bond acceptors (Lipinski definition) is 5. The van der Waals surface area contributed by atoms with Gasteiger partial charge in [-0.1, -0.05) is 18.2 Å². The number of esters is 1. The summed E-state index contributed by atoms with van der Waals surface area (Å²) >= 11 is 1.69. The maximum absolute atomic E-state index is 12.4. The number of nitrogens with zero attached hydrogens (tertiary/aromatic N) is 1. The Morgan fingerprint density at radius 1 is 1.33 bits per heavy atom. The lowest BCUT2D eigenvalue weighted by Crippen LogP contribution is -2.37. The summed E-state index contributed by atoms with van der Waals surface area (Å²) in [5.41, 5.74) is 1.07. The monoisotopic (exact) mass is 304 g/mol. The second kappa shape index (κ2) is 6.56. The second-order valence-corrected chi connectivity index (χ2v) is 6.16. The van der Waals surface area contributed by atoms with Gasteiger partial charge in [0.25, 0.3) is 0 Å². The number of fused-ring (bicyclic) bond motifs is 1. The molecule has 2 heterocycles. The molecule has 0 saturated carbocycles. The molecule has 1 aliphatic rings. The first kappa shape index (κ1) is 14.5. The minimum Gasteiger partial charge on any atom is -0.468 e. The van der Waals surface area contributed by atoms with E-state index in [0.717, 1.165) is 43.5 Å². The van der Waals surface area contributed by atoms with E-state index in [9.17, 15) is 4.79 Å². The van der Waals surface area contributed by atoms with Crippen molar-refractivity contribution in [3.63, 3.8) is 0 Å². The van der Waals surface area contributed by atoms with Gasteiger partial charge in [0, 0.05) is 24.3 Å². The fraction of sp³-hybridized carbons (Fsp3) is 0.438. The van der Waals surface area contributed by atoms with Crippen LogP contribution in [0.5, 0.6) is 0 Å². The zero-order valence-corrected chi connectivity index (χ0v) is 13.0. The molecule has 21 heavy (non-hydrogen) atoms. The van der Waals surface area contributed by atoms with Crippen LogP contribution in [0.15, 0.2) is 29.6 Å². The number of carbonyl (C=O) groups excluding carboxylic acids is 1. The third-order valence-corrected chi connectivity index (χ3v) is 4.95. The highest BCUT2D eigenvalue weighted by Crippen LogP contribution is 2.34. The number of nitrogens with one attached hydrogen (secondary N) is 1. The summed E-state index contributed by atoms with van der Waals surface area (Å²) < 4.78 is 6.30. The molecule has 1 fully saturated rings. The maximum atomic E-state index is 12.4. The summed E-state index contributed by atoms with van der Waals surface area (Å²) in [6, 6.07) is 7.95. The van der Waals surface area contributed by atoms with Crippen molar-refractivity contribution in [2.75, 3.05) is 33.3 Å². The first-order valence-electron chi connectivity index (χ1n) is 7.30. The molecular formula is C16H20N2O2S. The Kier molecular flexibility index (Phi) is 4.53. The van der Waals surface area contributed by atoms with Crippen LogP contribution in [0.3, 0.4) is 0 Å². The van der Waals surface area contributed by atoms with Crippen molar-refractivity contribution in [3.8, 4) is 0 Å². The zero-order chi connectivity index (χ0) is 14.7. The minimum atomic E-state index is -0.300. The molecule has 0 spiro atoms. The predicted octanol–water partition coefficient (Wildman–Crippen LogP) is 2.41. The van der Waals surface area contributed by atoms with Crippen molar-refractivity contribution in [2.45, 2.75) is 12.5 Å². The highest BCUT2D eigenvalue weighted by Gasteiger charge is 2.30. The van der Waals surface area contributed by atoms with E-state index in [4.69, 9.17) is 4.74 Å². The van der Waals surface area contributed by atoms with Crippen LogP contribution in [-0.2, 0) is 9.53 Å². The molecule has 2 aromatic rings. The number of rotatable bonds is 3. The third-order valence-electron chi connectivity index (χ3n) is 3.97. The molecule has 1 unspecified atom stereocenters. The summed E-state index contributed by atoms with van der Waals surface area (Å²) in [5.74, 6) is -0.166. The van der Waals surface area contributed by atoms with Crippen LogP contribution in [-0.4, -0.2) is 44.2 Å². The second-order valence-electron chi connectivity index (χ2n) is 5.25. The molecule has 0 bridgehead atoms. The minimum absolute atomic E-state index is 0.166. The first-order chi connectivity index (χ1) is 10.3. The highest BCUT2D eigenvalue weighted by molar-refractivity contribution is 7.17. The Labute approximate surface area is 128 Å². The predicted molar refractivity (Wildman–Crippen MR) is 85.6 cm³/mol. The molecule has 0 amide bonds. The van der Waals surface area contributed by atoms with Crippen LogP contribution in [0.2, 0.25) is 0 Å². The largest absolute Gasteiger partial charge is 0.468 e. The molecule has 1 saturated heterocycles.